The first kappa shape index (κ1) is 25.4. The standard InChI is InChI=1S/C27H42N4O2/c1-4-6-7-8-9-10-11-16-25(32)30-20-18-29(19-21-30)22(3)26-28-24-15-13-12-14-23(24)27(33)31(26)17-5-2/h12-15,22H,4-11,16-21H2,1-3H3. The summed E-state index contributed by atoms with van der Waals surface area (Å²) in [4.78, 5) is 35.1. The van der Waals surface area contributed by atoms with Crippen molar-refractivity contribution in [3.05, 3.63) is 40.4 Å². The zero-order chi connectivity index (χ0) is 23.6. The van der Waals surface area contributed by atoms with Crippen LogP contribution >= 0.6 is 0 Å². The zero-order valence-electron chi connectivity index (χ0n) is 20.9. The number of carbonyl (C=O) groups is 1. The second-order valence-corrected chi connectivity index (χ2v) is 9.41. The van der Waals surface area contributed by atoms with E-state index in [1.807, 2.05) is 33.7 Å². The molecule has 3 rings (SSSR count). The van der Waals surface area contributed by atoms with E-state index in [1.54, 1.807) is 0 Å². The molecule has 33 heavy (non-hydrogen) atoms. The molecule has 1 unspecified atom stereocenters. The summed E-state index contributed by atoms with van der Waals surface area (Å²) >= 11 is 0. The maximum atomic E-state index is 13.1. The minimum Gasteiger partial charge on any atom is -0.340 e. The Balaban J connectivity index is 1.55. The molecule has 0 bridgehead atoms. The van der Waals surface area contributed by atoms with E-state index < -0.39 is 0 Å². The quantitative estimate of drug-likeness (QED) is 0.416. The van der Waals surface area contributed by atoms with Crippen molar-refractivity contribution < 1.29 is 4.79 Å². The molecule has 6 nitrogen and oxygen atoms in total. The molecule has 182 valence electrons. The molecule has 1 amide bonds. The lowest BCUT2D eigenvalue weighted by Gasteiger charge is -2.38. The molecular weight excluding hydrogens is 412 g/mol. The van der Waals surface area contributed by atoms with Gasteiger partial charge in [-0.25, -0.2) is 4.98 Å². The number of fused-ring (bicyclic) bond motifs is 1. The maximum absolute atomic E-state index is 13.1. The largest absolute Gasteiger partial charge is 0.340 e. The monoisotopic (exact) mass is 454 g/mol. The van der Waals surface area contributed by atoms with Crippen LogP contribution in [0.3, 0.4) is 0 Å². The van der Waals surface area contributed by atoms with Gasteiger partial charge in [-0.3, -0.25) is 19.1 Å². The summed E-state index contributed by atoms with van der Waals surface area (Å²) in [5.74, 6) is 1.13. The van der Waals surface area contributed by atoms with Gasteiger partial charge < -0.3 is 4.90 Å². The van der Waals surface area contributed by atoms with Gasteiger partial charge in [-0.1, -0.05) is 64.5 Å². The van der Waals surface area contributed by atoms with Gasteiger partial charge in [-0.15, -0.1) is 0 Å². The van der Waals surface area contributed by atoms with E-state index in [0.717, 1.165) is 56.8 Å². The van der Waals surface area contributed by atoms with E-state index >= 15 is 0 Å². The van der Waals surface area contributed by atoms with Gasteiger partial charge in [0.2, 0.25) is 5.91 Å². The fraction of sp³-hybridized carbons (Fsp3) is 0.667. The summed E-state index contributed by atoms with van der Waals surface area (Å²) < 4.78 is 1.85. The summed E-state index contributed by atoms with van der Waals surface area (Å²) in [7, 11) is 0. The van der Waals surface area contributed by atoms with Crippen molar-refractivity contribution in [2.24, 2.45) is 0 Å². The molecule has 1 aromatic carbocycles. The van der Waals surface area contributed by atoms with Crippen molar-refractivity contribution in [3.63, 3.8) is 0 Å². The van der Waals surface area contributed by atoms with Crippen LogP contribution in [-0.4, -0.2) is 51.4 Å². The molecule has 1 aliphatic rings. The highest BCUT2D eigenvalue weighted by molar-refractivity contribution is 5.77. The van der Waals surface area contributed by atoms with E-state index in [1.165, 1.54) is 32.1 Å². The Bertz CT molecular complexity index is 947. The lowest BCUT2D eigenvalue weighted by atomic mass is 10.1. The molecule has 0 aliphatic carbocycles. The average molecular weight is 455 g/mol. The first-order valence-electron chi connectivity index (χ1n) is 13.1. The van der Waals surface area contributed by atoms with Crippen LogP contribution < -0.4 is 5.56 Å². The lowest BCUT2D eigenvalue weighted by Crippen LogP contribution is -2.50. The highest BCUT2D eigenvalue weighted by Crippen LogP contribution is 2.22. The average Bonchev–Trinajstić information content (AvgIpc) is 2.84. The number of hydrogen-bond donors (Lipinski definition) is 0. The van der Waals surface area contributed by atoms with E-state index in [4.69, 9.17) is 4.98 Å². The number of piperazine rings is 1. The molecule has 6 heteroatoms. The van der Waals surface area contributed by atoms with E-state index in [0.29, 0.717) is 24.3 Å². The number of para-hydroxylation sites is 1. The van der Waals surface area contributed by atoms with Gasteiger partial charge >= 0.3 is 0 Å². The molecule has 0 spiro atoms. The molecule has 2 heterocycles. The second-order valence-electron chi connectivity index (χ2n) is 9.41. The van der Waals surface area contributed by atoms with Gasteiger partial charge in [-0.05, 0) is 31.9 Å². The van der Waals surface area contributed by atoms with Crippen LogP contribution in [0, 0.1) is 0 Å². The van der Waals surface area contributed by atoms with Crippen LogP contribution in [0.15, 0.2) is 29.1 Å². The van der Waals surface area contributed by atoms with Crippen molar-refractivity contribution in [3.8, 4) is 0 Å². The number of benzene rings is 1. The number of rotatable bonds is 12. The molecule has 1 atom stereocenters. The van der Waals surface area contributed by atoms with Gasteiger partial charge in [0, 0.05) is 39.1 Å². The Hall–Kier alpha value is -2.21. The number of carbonyl (C=O) groups excluding carboxylic acids is 1. The van der Waals surface area contributed by atoms with Crippen LogP contribution in [0.1, 0.15) is 90.4 Å². The third-order valence-electron chi connectivity index (χ3n) is 6.92. The van der Waals surface area contributed by atoms with Gasteiger partial charge in [0.1, 0.15) is 5.82 Å². The summed E-state index contributed by atoms with van der Waals surface area (Å²) in [5, 5.41) is 0.683. The van der Waals surface area contributed by atoms with Crippen LogP contribution in [0.4, 0.5) is 0 Å². The highest BCUT2D eigenvalue weighted by atomic mass is 16.2. The van der Waals surface area contributed by atoms with Crippen molar-refractivity contribution in [1.82, 2.24) is 19.4 Å². The molecular formula is C27H42N4O2. The maximum Gasteiger partial charge on any atom is 0.261 e. The van der Waals surface area contributed by atoms with Crippen LogP contribution in [0.2, 0.25) is 0 Å². The lowest BCUT2D eigenvalue weighted by molar-refractivity contribution is -0.133. The fourth-order valence-corrected chi connectivity index (χ4v) is 4.86. The van der Waals surface area contributed by atoms with Gasteiger partial charge in [0.15, 0.2) is 0 Å². The van der Waals surface area contributed by atoms with E-state index in [9.17, 15) is 9.59 Å². The number of hydrogen-bond acceptors (Lipinski definition) is 4. The van der Waals surface area contributed by atoms with Gasteiger partial charge in [0.05, 0.1) is 16.9 Å². The summed E-state index contributed by atoms with van der Waals surface area (Å²) in [6.45, 7) is 10.3. The number of amides is 1. The Kier molecular flexibility index (Phi) is 9.92. The molecule has 1 saturated heterocycles. The number of aromatic nitrogens is 2. The fourth-order valence-electron chi connectivity index (χ4n) is 4.86. The number of unbranched alkanes of at least 4 members (excludes halogenated alkanes) is 6. The SMILES string of the molecule is CCCCCCCCCC(=O)N1CCN(C(C)c2nc3ccccc3c(=O)n2CCC)CC1. The summed E-state index contributed by atoms with van der Waals surface area (Å²) in [6.07, 6.45) is 10.2. The first-order chi connectivity index (χ1) is 16.1. The Morgan fingerprint density at radius 2 is 1.61 bits per heavy atom. The number of nitrogens with zero attached hydrogens (tertiary/aromatic N) is 4. The third kappa shape index (κ3) is 6.66. The molecule has 0 N–H and O–H groups in total. The Morgan fingerprint density at radius 3 is 2.30 bits per heavy atom. The van der Waals surface area contributed by atoms with E-state index in [-0.39, 0.29) is 11.6 Å². The molecule has 0 saturated carbocycles. The Morgan fingerprint density at radius 1 is 0.939 bits per heavy atom. The smallest absolute Gasteiger partial charge is 0.261 e. The van der Waals surface area contributed by atoms with E-state index in [2.05, 4.69) is 25.7 Å². The minimum atomic E-state index is 0.0363. The third-order valence-corrected chi connectivity index (χ3v) is 6.92. The molecule has 1 fully saturated rings. The Labute approximate surface area is 199 Å². The van der Waals surface area contributed by atoms with Crippen LogP contribution in [0.5, 0.6) is 0 Å². The minimum absolute atomic E-state index is 0.0363. The molecule has 0 radical (unpaired) electrons. The van der Waals surface area contributed by atoms with Crippen molar-refractivity contribution in [2.75, 3.05) is 26.2 Å². The summed E-state index contributed by atoms with van der Waals surface area (Å²) in [5.41, 5.74) is 0.813. The summed E-state index contributed by atoms with van der Waals surface area (Å²) in [6, 6.07) is 7.65. The molecule has 2 aromatic rings. The van der Waals surface area contributed by atoms with Crippen molar-refractivity contribution in [2.45, 2.75) is 91.1 Å². The van der Waals surface area contributed by atoms with Gasteiger partial charge in [-0.2, -0.15) is 0 Å². The predicted octanol–water partition coefficient (Wildman–Crippen LogP) is 5.15. The van der Waals surface area contributed by atoms with Crippen molar-refractivity contribution >= 4 is 16.8 Å². The van der Waals surface area contributed by atoms with Crippen LogP contribution in [-0.2, 0) is 11.3 Å². The van der Waals surface area contributed by atoms with Gasteiger partial charge in [0.25, 0.3) is 5.56 Å². The normalized spacial score (nSPS) is 15.8. The molecule has 1 aliphatic heterocycles. The first-order valence-corrected chi connectivity index (χ1v) is 13.1. The zero-order valence-corrected chi connectivity index (χ0v) is 20.9. The van der Waals surface area contributed by atoms with Crippen molar-refractivity contribution in [1.29, 1.82) is 0 Å². The second kappa shape index (κ2) is 12.9. The molecule has 1 aromatic heterocycles. The predicted molar refractivity (Wildman–Crippen MR) is 135 cm³/mol. The highest BCUT2D eigenvalue weighted by Gasteiger charge is 2.27. The topological polar surface area (TPSA) is 58.4 Å². The van der Waals surface area contributed by atoms with Crippen LogP contribution in [0.25, 0.3) is 10.9 Å².